The SMILES string of the molecule is CCC(CC)(CC)NC(=O)c1cc(S(=O)(=O)Cl)ccc1F. The lowest BCUT2D eigenvalue weighted by atomic mass is 9.89. The number of carbonyl (C=O) groups is 1. The Morgan fingerprint density at radius 3 is 2.19 bits per heavy atom. The molecule has 4 nitrogen and oxygen atoms in total. The second-order valence-corrected chi connectivity index (χ2v) is 7.44. The van der Waals surface area contributed by atoms with E-state index in [9.17, 15) is 17.6 Å². The number of hydrogen-bond acceptors (Lipinski definition) is 3. The van der Waals surface area contributed by atoms with Crippen LogP contribution < -0.4 is 5.32 Å². The van der Waals surface area contributed by atoms with Crippen LogP contribution in [0.4, 0.5) is 4.39 Å². The van der Waals surface area contributed by atoms with Gasteiger partial charge in [-0.1, -0.05) is 20.8 Å². The van der Waals surface area contributed by atoms with Crippen molar-refractivity contribution in [2.75, 3.05) is 0 Å². The van der Waals surface area contributed by atoms with Gasteiger partial charge >= 0.3 is 0 Å². The first-order valence-corrected chi connectivity index (χ1v) is 9.06. The van der Waals surface area contributed by atoms with Crippen molar-refractivity contribution in [1.82, 2.24) is 5.32 Å². The van der Waals surface area contributed by atoms with Crippen molar-refractivity contribution >= 4 is 25.6 Å². The summed E-state index contributed by atoms with van der Waals surface area (Å²) in [5.41, 5.74) is -0.754. The van der Waals surface area contributed by atoms with E-state index in [1.807, 2.05) is 20.8 Å². The van der Waals surface area contributed by atoms with Crippen LogP contribution in [-0.2, 0) is 9.05 Å². The number of hydrogen-bond donors (Lipinski definition) is 1. The Kier molecular flexibility index (Phi) is 5.75. The summed E-state index contributed by atoms with van der Waals surface area (Å²) in [5.74, 6) is -1.42. The summed E-state index contributed by atoms with van der Waals surface area (Å²) in [7, 11) is 1.21. The molecule has 0 saturated carbocycles. The van der Waals surface area contributed by atoms with Gasteiger partial charge in [-0.05, 0) is 37.5 Å². The monoisotopic (exact) mass is 335 g/mol. The number of halogens is 2. The lowest BCUT2D eigenvalue weighted by Crippen LogP contribution is -2.47. The van der Waals surface area contributed by atoms with Gasteiger partial charge in [0.15, 0.2) is 0 Å². The summed E-state index contributed by atoms with van der Waals surface area (Å²) in [4.78, 5) is 11.9. The minimum atomic E-state index is -4.01. The molecular formula is C14H19ClFNO3S. The zero-order chi connectivity index (χ0) is 16.3. The molecule has 0 atom stereocenters. The van der Waals surface area contributed by atoms with Gasteiger partial charge in [-0.15, -0.1) is 0 Å². The first-order chi connectivity index (χ1) is 9.69. The minimum absolute atomic E-state index is 0.300. The zero-order valence-corrected chi connectivity index (χ0v) is 13.8. The lowest BCUT2D eigenvalue weighted by Gasteiger charge is -2.31. The molecule has 0 radical (unpaired) electrons. The maximum Gasteiger partial charge on any atom is 0.261 e. The normalized spacial score (nSPS) is 12.2. The van der Waals surface area contributed by atoms with E-state index in [0.717, 1.165) is 18.2 Å². The average molecular weight is 336 g/mol. The van der Waals surface area contributed by atoms with Crippen LogP contribution >= 0.6 is 10.7 Å². The molecule has 0 bridgehead atoms. The Morgan fingerprint density at radius 2 is 1.76 bits per heavy atom. The van der Waals surface area contributed by atoms with E-state index in [0.29, 0.717) is 19.3 Å². The van der Waals surface area contributed by atoms with Gasteiger partial charge in [0.1, 0.15) is 5.82 Å². The molecule has 0 unspecified atom stereocenters. The first-order valence-electron chi connectivity index (χ1n) is 6.75. The van der Waals surface area contributed by atoms with Crippen molar-refractivity contribution in [1.29, 1.82) is 0 Å². The first kappa shape index (κ1) is 17.9. The second-order valence-electron chi connectivity index (χ2n) is 4.87. The van der Waals surface area contributed by atoms with Gasteiger partial charge in [-0.3, -0.25) is 4.79 Å². The summed E-state index contributed by atoms with van der Waals surface area (Å²) >= 11 is 0. The van der Waals surface area contributed by atoms with Gasteiger partial charge < -0.3 is 5.32 Å². The Morgan fingerprint density at radius 1 is 1.24 bits per heavy atom. The highest BCUT2D eigenvalue weighted by molar-refractivity contribution is 8.13. The smallest absolute Gasteiger partial charge is 0.261 e. The fourth-order valence-corrected chi connectivity index (χ4v) is 2.93. The van der Waals surface area contributed by atoms with Crippen molar-refractivity contribution in [2.45, 2.75) is 50.5 Å². The molecule has 1 N–H and O–H groups in total. The minimum Gasteiger partial charge on any atom is -0.347 e. The Bertz CT molecular complexity index is 619. The highest BCUT2D eigenvalue weighted by atomic mass is 35.7. The van der Waals surface area contributed by atoms with Gasteiger partial charge in [0.05, 0.1) is 10.5 Å². The van der Waals surface area contributed by atoms with Crippen LogP contribution in [0.2, 0.25) is 0 Å². The summed E-state index contributed by atoms with van der Waals surface area (Å²) in [6.07, 6.45) is 2.09. The Hall–Kier alpha value is -1.14. The molecule has 7 heteroatoms. The molecule has 1 rings (SSSR count). The Balaban J connectivity index is 3.19. The highest BCUT2D eigenvalue weighted by Gasteiger charge is 2.28. The molecular weight excluding hydrogens is 317 g/mol. The van der Waals surface area contributed by atoms with Gasteiger partial charge in [-0.2, -0.15) is 0 Å². The third-order valence-electron chi connectivity index (χ3n) is 3.87. The number of nitrogens with one attached hydrogen (secondary N) is 1. The molecule has 0 aliphatic carbocycles. The molecule has 1 amide bonds. The van der Waals surface area contributed by atoms with E-state index < -0.39 is 26.3 Å². The van der Waals surface area contributed by atoms with E-state index in [1.165, 1.54) is 0 Å². The zero-order valence-electron chi connectivity index (χ0n) is 12.2. The summed E-state index contributed by atoms with van der Waals surface area (Å²) in [6.45, 7) is 5.80. The molecule has 0 spiro atoms. The maximum atomic E-state index is 13.8. The summed E-state index contributed by atoms with van der Waals surface area (Å²) in [6, 6.07) is 2.91. The van der Waals surface area contributed by atoms with Crippen molar-refractivity contribution in [3.05, 3.63) is 29.6 Å². The molecule has 21 heavy (non-hydrogen) atoms. The predicted octanol–water partition coefficient (Wildman–Crippen LogP) is 3.45. The summed E-state index contributed by atoms with van der Waals surface area (Å²) in [5, 5.41) is 2.80. The predicted molar refractivity (Wildman–Crippen MR) is 80.5 cm³/mol. The van der Waals surface area contributed by atoms with Crippen LogP contribution in [-0.4, -0.2) is 19.9 Å². The molecule has 0 saturated heterocycles. The molecule has 0 heterocycles. The Labute approximate surface area is 129 Å². The van der Waals surface area contributed by atoms with Crippen molar-refractivity contribution < 1.29 is 17.6 Å². The van der Waals surface area contributed by atoms with E-state index in [-0.39, 0.29) is 10.5 Å². The van der Waals surface area contributed by atoms with Crippen LogP contribution in [0.3, 0.4) is 0 Å². The van der Waals surface area contributed by atoms with Gasteiger partial charge in [0.2, 0.25) is 0 Å². The van der Waals surface area contributed by atoms with E-state index >= 15 is 0 Å². The van der Waals surface area contributed by atoms with Crippen LogP contribution in [0.1, 0.15) is 50.4 Å². The van der Waals surface area contributed by atoms with E-state index in [4.69, 9.17) is 10.7 Å². The van der Waals surface area contributed by atoms with Crippen molar-refractivity contribution in [2.24, 2.45) is 0 Å². The van der Waals surface area contributed by atoms with Crippen LogP contribution in [0.5, 0.6) is 0 Å². The van der Waals surface area contributed by atoms with Gasteiger partial charge in [0, 0.05) is 16.2 Å². The molecule has 0 aliphatic heterocycles. The fraction of sp³-hybridized carbons (Fsp3) is 0.500. The maximum absolute atomic E-state index is 13.8. The van der Waals surface area contributed by atoms with Crippen molar-refractivity contribution in [3.63, 3.8) is 0 Å². The van der Waals surface area contributed by atoms with Gasteiger partial charge in [0.25, 0.3) is 15.0 Å². The van der Waals surface area contributed by atoms with Gasteiger partial charge in [-0.25, -0.2) is 12.8 Å². The van der Waals surface area contributed by atoms with E-state index in [1.54, 1.807) is 0 Å². The van der Waals surface area contributed by atoms with Crippen LogP contribution in [0.15, 0.2) is 23.1 Å². The second kappa shape index (κ2) is 6.75. The van der Waals surface area contributed by atoms with E-state index in [2.05, 4.69) is 5.32 Å². The number of carbonyl (C=O) groups excluding carboxylic acids is 1. The third kappa shape index (κ3) is 4.17. The number of amides is 1. The number of rotatable bonds is 6. The third-order valence-corrected chi connectivity index (χ3v) is 5.22. The molecule has 118 valence electrons. The fourth-order valence-electron chi connectivity index (χ4n) is 2.15. The number of benzene rings is 1. The summed E-state index contributed by atoms with van der Waals surface area (Å²) < 4.78 is 36.4. The van der Waals surface area contributed by atoms with Crippen LogP contribution in [0, 0.1) is 5.82 Å². The quantitative estimate of drug-likeness (QED) is 0.810. The molecule has 1 aromatic rings. The van der Waals surface area contributed by atoms with Crippen molar-refractivity contribution in [3.8, 4) is 0 Å². The topological polar surface area (TPSA) is 63.2 Å². The molecule has 1 aromatic carbocycles. The standard InChI is InChI=1S/C14H19ClFNO3S/c1-4-14(5-2,6-3)17-13(18)11-9-10(21(15,19)20)7-8-12(11)16/h7-9H,4-6H2,1-3H3,(H,17,18). The molecule has 0 aliphatic rings. The molecule has 0 aromatic heterocycles. The highest BCUT2D eigenvalue weighted by Crippen LogP contribution is 2.22. The largest absolute Gasteiger partial charge is 0.347 e. The van der Waals surface area contributed by atoms with Crippen LogP contribution in [0.25, 0.3) is 0 Å². The molecule has 0 fully saturated rings. The lowest BCUT2D eigenvalue weighted by molar-refractivity contribution is 0.0884. The average Bonchev–Trinajstić information content (AvgIpc) is 2.44.